The van der Waals surface area contributed by atoms with E-state index < -0.39 is 0 Å². The zero-order valence-corrected chi connectivity index (χ0v) is 8.78. The second kappa shape index (κ2) is 3.42. The molecule has 0 fully saturated rings. The summed E-state index contributed by atoms with van der Waals surface area (Å²) in [5.41, 5.74) is 3.34. The molecule has 0 aliphatic carbocycles. The van der Waals surface area contributed by atoms with Gasteiger partial charge in [-0.1, -0.05) is 6.07 Å². The third kappa shape index (κ3) is 1.51. The largest absolute Gasteiger partial charge is 0.312 e. The third-order valence-corrected chi connectivity index (χ3v) is 2.49. The number of imidazole rings is 1. The second-order valence-corrected chi connectivity index (χ2v) is 3.65. The Morgan fingerprint density at radius 3 is 2.86 bits per heavy atom. The second-order valence-electron chi connectivity index (χ2n) is 3.65. The molecule has 74 valence electrons. The Balaban J connectivity index is 2.51. The summed E-state index contributed by atoms with van der Waals surface area (Å²) in [4.78, 5) is 4.53. The molecule has 0 aromatic carbocycles. The molecule has 0 aliphatic rings. The van der Waals surface area contributed by atoms with Crippen molar-refractivity contribution in [1.82, 2.24) is 14.7 Å². The van der Waals surface area contributed by atoms with Gasteiger partial charge in [-0.25, -0.2) is 4.98 Å². The molecule has 1 atom stereocenters. The molecule has 0 amide bonds. The normalized spacial score (nSPS) is 13.4. The van der Waals surface area contributed by atoms with Crippen molar-refractivity contribution >= 4 is 5.65 Å². The molecule has 0 radical (unpaired) electrons. The lowest BCUT2D eigenvalue weighted by molar-refractivity contribution is 0.637. The van der Waals surface area contributed by atoms with Crippen molar-refractivity contribution < 1.29 is 0 Å². The number of hydrogen-bond acceptors (Lipinski definition) is 2. The Bertz CT molecular complexity index is 445. The van der Waals surface area contributed by atoms with E-state index in [1.165, 1.54) is 5.56 Å². The van der Waals surface area contributed by atoms with Crippen molar-refractivity contribution in [3.63, 3.8) is 0 Å². The van der Waals surface area contributed by atoms with Crippen LogP contribution in [0.2, 0.25) is 0 Å². The fourth-order valence-corrected chi connectivity index (χ4v) is 1.48. The monoisotopic (exact) mass is 189 g/mol. The van der Waals surface area contributed by atoms with E-state index in [9.17, 15) is 0 Å². The topological polar surface area (TPSA) is 29.3 Å². The first-order valence-electron chi connectivity index (χ1n) is 4.83. The standard InChI is InChI=1S/C11H15N3/c1-8-4-5-11-13-10(9(2)12-3)7-14(11)6-8/h4-7,9,12H,1-3H3. The van der Waals surface area contributed by atoms with E-state index in [2.05, 4.69) is 47.0 Å². The fourth-order valence-electron chi connectivity index (χ4n) is 1.48. The van der Waals surface area contributed by atoms with Crippen LogP contribution in [-0.4, -0.2) is 16.4 Å². The van der Waals surface area contributed by atoms with Crippen molar-refractivity contribution in [3.8, 4) is 0 Å². The maximum absolute atomic E-state index is 4.53. The van der Waals surface area contributed by atoms with Gasteiger partial charge in [-0.2, -0.15) is 0 Å². The van der Waals surface area contributed by atoms with Crippen LogP contribution < -0.4 is 5.32 Å². The van der Waals surface area contributed by atoms with E-state index in [1.807, 2.05) is 13.1 Å². The van der Waals surface area contributed by atoms with E-state index >= 15 is 0 Å². The molecule has 1 unspecified atom stereocenters. The van der Waals surface area contributed by atoms with Crippen LogP contribution in [-0.2, 0) is 0 Å². The van der Waals surface area contributed by atoms with Gasteiger partial charge in [0.2, 0.25) is 0 Å². The number of rotatable bonds is 2. The minimum atomic E-state index is 0.301. The van der Waals surface area contributed by atoms with Crippen LogP contribution in [0.4, 0.5) is 0 Å². The van der Waals surface area contributed by atoms with Gasteiger partial charge in [-0.3, -0.25) is 0 Å². The summed E-state index contributed by atoms with van der Waals surface area (Å²) in [5, 5.41) is 3.18. The van der Waals surface area contributed by atoms with Crippen LogP contribution in [0.15, 0.2) is 24.5 Å². The number of pyridine rings is 1. The van der Waals surface area contributed by atoms with Gasteiger partial charge < -0.3 is 9.72 Å². The Kier molecular flexibility index (Phi) is 2.25. The first-order valence-corrected chi connectivity index (χ1v) is 4.83. The maximum Gasteiger partial charge on any atom is 0.137 e. The first kappa shape index (κ1) is 9.21. The summed E-state index contributed by atoms with van der Waals surface area (Å²) in [7, 11) is 1.94. The number of hydrogen-bond donors (Lipinski definition) is 1. The Hall–Kier alpha value is -1.35. The van der Waals surface area contributed by atoms with E-state index in [1.54, 1.807) is 0 Å². The molecule has 3 nitrogen and oxygen atoms in total. The summed E-state index contributed by atoms with van der Waals surface area (Å²) >= 11 is 0. The van der Waals surface area contributed by atoms with Crippen LogP contribution in [0, 0.1) is 6.92 Å². The highest BCUT2D eigenvalue weighted by Crippen LogP contribution is 2.12. The zero-order valence-electron chi connectivity index (χ0n) is 8.78. The highest BCUT2D eigenvalue weighted by atomic mass is 15.0. The maximum atomic E-state index is 4.53. The molecule has 2 aromatic rings. The smallest absolute Gasteiger partial charge is 0.137 e. The highest BCUT2D eigenvalue weighted by Gasteiger charge is 2.06. The molecule has 0 saturated heterocycles. The molecule has 0 bridgehead atoms. The summed E-state index contributed by atoms with van der Waals surface area (Å²) in [5.74, 6) is 0. The molecular weight excluding hydrogens is 174 g/mol. The molecule has 0 aliphatic heterocycles. The number of aryl methyl sites for hydroxylation is 1. The molecule has 3 heteroatoms. The molecule has 1 N–H and O–H groups in total. The molecule has 0 saturated carbocycles. The number of fused-ring (bicyclic) bond motifs is 1. The summed E-state index contributed by atoms with van der Waals surface area (Å²) in [6.07, 6.45) is 4.16. The van der Waals surface area contributed by atoms with Gasteiger partial charge in [0, 0.05) is 18.4 Å². The van der Waals surface area contributed by atoms with Gasteiger partial charge in [0.15, 0.2) is 0 Å². The fraction of sp³-hybridized carbons (Fsp3) is 0.364. The van der Waals surface area contributed by atoms with Crippen LogP contribution >= 0.6 is 0 Å². The molecule has 2 aromatic heterocycles. The summed E-state index contributed by atoms with van der Waals surface area (Å²) in [6.45, 7) is 4.19. The van der Waals surface area contributed by atoms with Crippen molar-refractivity contribution in [3.05, 3.63) is 35.8 Å². The average Bonchev–Trinajstić information content (AvgIpc) is 2.59. The summed E-state index contributed by atoms with van der Waals surface area (Å²) < 4.78 is 2.07. The van der Waals surface area contributed by atoms with E-state index in [0.29, 0.717) is 6.04 Å². The minimum absolute atomic E-state index is 0.301. The predicted octanol–water partition coefficient (Wildman–Crippen LogP) is 1.92. The van der Waals surface area contributed by atoms with Crippen LogP contribution in [0.3, 0.4) is 0 Å². The van der Waals surface area contributed by atoms with Gasteiger partial charge in [0.1, 0.15) is 5.65 Å². The van der Waals surface area contributed by atoms with Gasteiger partial charge in [0.25, 0.3) is 0 Å². The van der Waals surface area contributed by atoms with Gasteiger partial charge in [0.05, 0.1) is 5.69 Å². The summed E-state index contributed by atoms with van der Waals surface area (Å²) in [6, 6.07) is 4.42. The van der Waals surface area contributed by atoms with Crippen LogP contribution in [0.25, 0.3) is 5.65 Å². The lowest BCUT2D eigenvalue weighted by Crippen LogP contribution is -2.12. The van der Waals surface area contributed by atoms with Crippen molar-refractivity contribution in [2.24, 2.45) is 0 Å². The number of nitrogens with one attached hydrogen (secondary N) is 1. The van der Waals surface area contributed by atoms with Crippen molar-refractivity contribution in [1.29, 1.82) is 0 Å². The lowest BCUT2D eigenvalue weighted by Gasteiger charge is -2.03. The first-order chi connectivity index (χ1) is 6.70. The Morgan fingerprint density at radius 2 is 2.14 bits per heavy atom. The van der Waals surface area contributed by atoms with Crippen LogP contribution in [0.1, 0.15) is 24.2 Å². The number of nitrogens with zero attached hydrogens (tertiary/aromatic N) is 2. The van der Waals surface area contributed by atoms with Gasteiger partial charge >= 0.3 is 0 Å². The SMILES string of the molecule is CNC(C)c1cn2cc(C)ccc2n1. The van der Waals surface area contributed by atoms with E-state index in [4.69, 9.17) is 0 Å². The van der Waals surface area contributed by atoms with Gasteiger partial charge in [-0.05, 0) is 32.5 Å². The average molecular weight is 189 g/mol. The van der Waals surface area contributed by atoms with Gasteiger partial charge in [-0.15, -0.1) is 0 Å². The molecule has 14 heavy (non-hydrogen) atoms. The molecular formula is C11H15N3. The third-order valence-electron chi connectivity index (χ3n) is 2.49. The Morgan fingerprint density at radius 1 is 1.36 bits per heavy atom. The quantitative estimate of drug-likeness (QED) is 0.782. The molecule has 0 spiro atoms. The zero-order chi connectivity index (χ0) is 10.1. The van der Waals surface area contributed by atoms with Crippen molar-refractivity contribution in [2.45, 2.75) is 19.9 Å². The lowest BCUT2D eigenvalue weighted by atomic mass is 10.3. The van der Waals surface area contributed by atoms with Crippen molar-refractivity contribution in [2.75, 3.05) is 7.05 Å². The predicted molar refractivity (Wildman–Crippen MR) is 57.4 cm³/mol. The molecule has 2 heterocycles. The van der Waals surface area contributed by atoms with Crippen LogP contribution in [0.5, 0.6) is 0 Å². The highest BCUT2D eigenvalue weighted by molar-refractivity contribution is 5.41. The minimum Gasteiger partial charge on any atom is -0.312 e. The molecule has 2 rings (SSSR count). The van der Waals surface area contributed by atoms with E-state index in [-0.39, 0.29) is 0 Å². The number of aromatic nitrogens is 2. The Labute approximate surface area is 83.8 Å². The van der Waals surface area contributed by atoms with E-state index in [0.717, 1.165) is 11.3 Å².